The number of β-amino-alcohol motifs (C(OH)–C–C–N with tert-alkyl or cyclic N) is 1. The van der Waals surface area contributed by atoms with Crippen molar-refractivity contribution in [2.45, 2.75) is 26.1 Å². The number of rotatable bonds is 8. The summed E-state index contributed by atoms with van der Waals surface area (Å²) in [7, 11) is 1.61. The van der Waals surface area contributed by atoms with Gasteiger partial charge in [-0.15, -0.1) is 0 Å². The van der Waals surface area contributed by atoms with Crippen molar-refractivity contribution in [3.8, 4) is 0 Å². The van der Waals surface area contributed by atoms with Crippen molar-refractivity contribution in [2.24, 2.45) is 11.8 Å². The summed E-state index contributed by atoms with van der Waals surface area (Å²) < 4.78 is 10.4. The van der Waals surface area contributed by atoms with Gasteiger partial charge in [0.05, 0.1) is 31.3 Å². The van der Waals surface area contributed by atoms with Crippen LogP contribution in [0.3, 0.4) is 0 Å². The van der Waals surface area contributed by atoms with E-state index in [-0.39, 0.29) is 24.5 Å². The van der Waals surface area contributed by atoms with Crippen molar-refractivity contribution >= 4 is 5.97 Å². The summed E-state index contributed by atoms with van der Waals surface area (Å²) in [4.78, 5) is 13.0. The third-order valence-corrected chi connectivity index (χ3v) is 3.45. The number of methoxy groups -OCH3 is 1. The molecule has 6 nitrogen and oxygen atoms in total. The van der Waals surface area contributed by atoms with E-state index in [1.54, 1.807) is 7.11 Å². The van der Waals surface area contributed by atoms with E-state index in [1.807, 2.05) is 18.7 Å². The van der Waals surface area contributed by atoms with Crippen molar-refractivity contribution in [1.82, 2.24) is 4.90 Å². The molecule has 0 bridgehead atoms. The lowest BCUT2D eigenvalue weighted by Crippen LogP contribution is -2.35. The van der Waals surface area contributed by atoms with Gasteiger partial charge >= 0.3 is 5.97 Å². The van der Waals surface area contributed by atoms with Crippen LogP contribution in [-0.4, -0.2) is 73.2 Å². The minimum atomic E-state index is -0.755. The first-order valence-electron chi connectivity index (χ1n) is 6.67. The van der Waals surface area contributed by atoms with Gasteiger partial charge in [-0.3, -0.25) is 9.69 Å². The molecule has 0 aromatic heterocycles. The molecule has 19 heavy (non-hydrogen) atoms. The minimum absolute atomic E-state index is 0.0519. The van der Waals surface area contributed by atoms with E-state index in [1.165, 1.54) is 0 Å². The van der Waals surface area contributed by atoms with Crippen LogP contribution < -0.4 is 0 Å². The van der Waals surface area contributed by atoms with Gasteiger partial charge in [-0.2, -0.15) is 0 Å². The Bertz CT molecular complexity index is 286. The summed E-state index contributed by atoms with van der Waals surface area (Å²) in [5, 5.41) is 18.9. The second-order valence-electron chi connectivity index (χ2n) is 5.39. The Labute approximate surface area is 114 Å². The molecule has 1 aliphatic heterocycles. The Morgan fingerprint density at radius 1 is 1.42 bits per heavy atom. The molecule has 0 aromatic carbocycles. The van der Waals surface area contributed by atoms with Crippen molar-refractivity contribution < 1.29 is 24.5 Å². The molecule has 112 valence electrons. The molecule has 0 amide bonds. The zero-order chi connectivity index (χ0) is 14.4. The normalized spacial score (nSPS) is 27.4. The summed E-state index contributed by atoms with van der Waals surface area (Å²) in [6.45, 7) is 6.22. The Morgan fingerprint density at radius 2 is 2.11 bits per heavy atom. The Balaban J connectivity index is 2.26. The molecule has 0 spiro atoms. The van der Waals surface area contributed by atoms with Crippen LogP contribution in [0, 0.1) is 11.8 Å². The van der Waals surface area contributed by atoms with Crippen molar-refractivity contribution in [3.05, 3.63) is 0 Å². The van der Waals surface area contributed by atoms with E-state index in [0.717, 1.165) is 0 Å². The standard InChI is InChI=1S/C13H25NO5/c1-9-4-14(6-12(9)13(16)17)5-11(15)8-19-10(2)7-18-3/h9-12,15H,4-8H2,1-3H3,(H,16,17). The average Bonchev–Trinajstić information content (AvgIpc) is 2.68. The third-order valence-electron chi connectivity index (χ3n) is 3.45. The lowest BCUT2D eigenvalue weighted by Gasteiger charge is -2.21. The zero-order valence-corrected chi connectivity index (χ0v) is 11.9. The fourth-order valence-corrected chi connectivity index (χ4v) is 2.45. The first-order chi connectivity index (χ1) is 8.93. The zero-order valence-electron chi connectivity index (χ0n) is 11.9. The number of carboxylic acid groups (broad SMARTS) is 1. The van der Waals surface area contributed by atoms with Gasteiger partial charge in [0.2, 0.25) is 0 Å². The van der Waals surface area contributed by atoms with Crippen molar-refractivity contribution in [1.29, 1.82) is 0 Å². The van der Waals surface area contributed by atoms with Crippen molar-refractivity contribution in [2.75, 3.05) is 40.0 Å². The van der Waals surface area contributed by atoms with E-state index in [2.05, 4.69) is 0 Å². The molecule has 6 heteroatoms. The van der Waals surface area contributed by atoms with Gasteiger partial charge in [0.25, 0.3) is 0 Å². The number of carbonyl (C=O) groups is 1. The first-order valence-corrected chi connectivity index (χ1v) is 6.67. The Hall–Kier alpha value is -0.690. The summed E-state index contributed by atoms with van der Waals surface area (Å²) in [6.07, 6.45) is -0.650. The summed E-state index contributed by atoms with van der Waals surface area (Å²) >= 11 is 0. The smallest absolute Gasteiger partial charge is 0.308 e. The topological polar surface area (TPSA) is 79.2 Å². The van der Waals surface area contributed by atoms with Crippen LogP contribution in [0.15, 0.2) is 0 Å². The Kier molecular flexibility index (Phi) is 6.71. The van der Waals surface area contributed by atoms with Crippen LogP contribution in [0.2, 0.25) is 0 Å². The number of carboxylic acids is 1. The fourth-order valence-electron chi connectivity index (χ4n) is 2.45. The van der Waals surface area contributed by atoms with E-state index in [0.29, 0.717) is 26.2 Å². The summed E-state index contributed by atoms with van der Waals surface area (Å²) in [5.41, 5.74) is 0. The van der Waals surface area contributed by atoms with Crippen LogP contribution in [0.5, 0.6) is 0 Å². The fraction of sp³-hybridized carbons (Fsp3) is 0.923. The van der Waals surface area contributed by atoms with Crippen molar-refractivity contribution in [3.63, 3.8) is 0 Å². The SMILES string of the molecule is COCC(C)OCC(O)CN1CC(C)C(C(=O)O)C1. The second kappa shape index (κ2) is 7.79. The van der Waals surface area contributed by atoms with Gasteiger partial charge in [-0.05, 0) is 12.8 Å². The van der Waals surface area contributed by atoms with Gasteiger partial charge in [0, 0.05) is 26.7 Å². The molecule has 0 aliphatic carbocycles. The highest BCUT2D eigenvalue weighted by molar-refractivity contribution is 5.71. The van der Waals surface area contributed by atoms with E-state index < -0.39 is 12.1 Å². The minimum Gasteiger partial charge on any atom is -0.481 e. The van der Waals surface area contributed by atoms with Gasteiger partial charge in [-0.25, -0.2) is 0 Å². The van der Waals surface area contributed by atoms with Gasteiger partial charge in [-0.1, -0.05) is 6.92 Å². The van der Waals surface area contributed by atoms with E-state index in [4.69, 9.17) is 14.6 Å². The van der Waals surface area contributed by atoms with Crippen LogP contribution in [0.1, 0.15) is 13.8 Å². The number of aliphatic hydroxyl groups excluding tert-OH is 1. The number of ether oxygens (including phenoxy) is 2. The number of aliphatic carboxylic acids is 1. The Morgan fingerprint density at radius 3 is 2.63 bits per heavy atom. The van der Waals surface area contributed by atoms with Crippen LogP contribution in [0.4, 0.5) is 0 Å². The average molecular weight is 275 g/mol. The predicted molar refractivity (Wildman–Crippen MR) is 70.0 cm³/mol. The number of hydrogen-bond acceptors (Lipinski definition) is 5. The molecule has 2 N–H and O–H groups in total. The van der Waals surface area contributed by atoms with E-state index >= 15 is 0 Å². The maximum Gasteiger partial charge on any atom is 0.308 e. The largest absolute Gasteiger partial charge is 0.481 e. The molecular formula is C13H25NO5. The number of hydrogen-bond donors (Lipinski definition) is 2. The maximum absolute atomic E-state index is 11.0. The molecule has 0 aromatic rings. The molecule has 1 saturated heterocycles. The second-order valence-corrected chi connectivity index (χ2v) is 5.39. The molecule has 1 heterocycles. The summed E-state index contributed by atoms with van der Waals surface area (Å²) in [5.74, 6) is -0.965. The molecule has 4 unspecified atom stereocenters. The van der Waals surface area contributed by atoms with Crippen LogP contribution in [0.25, 0.3) is 0 Å². The quantitative estimate of drug-likeness (QED) is 0.652. The molecule has 0 saturated carbocycles. The monoisotopic (exact) mass is 275 g/mol. The highest BCUT2D eigenvalue weighted by atomic mass is 16.5. The molecule has 0 radical (unpaired) electrons. The van der Waals surface area contributed by atoms with Gasteiger partial charge < -0.3 is 19.7 Å². The molecular weight excluding hydrogens is 250 g/mol. The molecule has 1 fully saturated rings. The number of nitrogens with zero attached hydrogens (tertiary/aromatic N) is 1. The number of likely N-dealkylation sites (tertiary alicyclic amines) is 1. The third kappa shape index (κ3) is 5.44. The lowest BCUT2D eigenvalue weighted by molar-refractivity contribution is -0.142. The van der Waals surface area contributed by atoms with Crippen LogP contribution >= 0.6 is 0 Å². The predicted octanol–water partition coefficient (Wildman–Crippen LogP) is 0.0513. The highest BCUT2D eigenvalue weighted by Crippen LogP contribution is 2.23. The molecule has 1 rings (SSSR count). The lowest BCUT2D eigenvalue weighted by atomic mass is 9.99. The van der Waals surface area contributed by atoms with Crippen LogP contribution in [-0.2, 0) is 14.3 Å². The highest BCUT2D eigenvalue weighted by Gasteiger charge is 2.35. The van der Waals surface area contributed by atoms with E-state index in [9.17, 15) is 9.90 Å². The summed E-state index contributed by atoms with van der Waals surface area (Å²) in [6, 6.07) is 0. The molecule has 1 aliphatic rings. The maximum atomic E-state index is 11.0. The first kappa shape index (κ1) is 16.4. The van der Waals surface area contributed by atoms with Gasteiger partial charge in [0.1, 0.15) is 0 Å². The number of aliphatic hydroxyl groups is 1. The molecule has 4 atom stereocenters. The van der Waals surface area contributed by atoms with Gasteiger partial charge in [0.15, 0.2) is 0 Å².